The average Bonchev–Trinajstić information content (AvgIpc) is 3.29. The minimum absolute atomic E-state index is 0.0391. The van der Waals surface area contributed by atoms with E-state index in [1.54, 1.807) is 0 Å². The lowest BCUT2D eigenvalue weighted by atomic mass is 10.1. The summed E-state index contributed by atoms with van der Waals surface area (Å²) < 4.78 is 49.6. The first-order chi connectivity index (χ1) is 14.8. The largest absolute Gasteiger partial charge is 0.481 e. The highest BCUT2D eigenvalue weighted by Gasteiger charge is 2.37. The normalized spacial score (nSPS) is 17.2. The molecule has 0 saturated carbocycles. The molecular formula is C22H24F3N3O3. The highest BCUT2D eigenvalue weighted by molar-refractivity contribution is 6.05. The maximum absolute atomic E-state index is 15.1. The van der Waals surface area contributed by atoms with E-state index in [2.05, 4.69) is 9.97 Å². The van der Waals surface area contributed by atoms with Gasteiger partial charge < -0.3 is 14.4 Å². The van der Waals surface area contributed by atoms with Crippen molar-refractivity contribution in [3.05, 3.63) is 29.8 Å². The van der Waals surface area contributed by atoms with Gasteiger partial charge in [-0.1, -0.05) is 6.42 Å². The second-order valence-electron chi connectivity index (χ2n) is 8.13. The van der Waals surface area contributed by atoms with Crippen molar-refractivity contribution in [2.45, 2.75) is 63.8 Å². The van der Waals surface area contributed by atoms with E-state index in [4.69, 9.17) is 9.52 Å². The number of benzene rings is 1. The van der Waals surface area contributed by atoms with Crippen LogP contribution < -0.4 is 4.90 Å². The van der Waals surface area contributed by atoms with Crippen LogP contribution in [-0.2, 0) is 10.7 Å². The zero-order chi connectivity index (χ0) is 22.2. The Balaban J connectivity index is 1.73. The van der Waals surface area contributed by atoms with Crippen molar-refractivity contribution in [1.29, 1.82) is 0 Å². The number of fused-ring (bicyclic) bond motifs is 3. The summed E-state index contributed by atoms with van der Waals surface area (Å²) in [5.74, 6) is -4.97. The number of rotatable bonds is 8. The number of carboxylic acids is 1. The van der Waals surface area contributed by atoms with Crippen molar-refractivity contribution < 1.29 is 27.5 Å². The molecule has 2 aromatic heterocycles. The van der Waals surface area contributed by atoms with E-state index in [-0.39, 0.29) is 35.6 Å². The van der Waals surface area contributed by atoms with Crippen LogP contribution >= 0.6 is 0 Å². The van der Waals surface area contributed by atoms with Gasteiger partial charge in [-0.25, -0.2) is 14.4 Å². The monoisotopic (exact) mass is 435 g/mol. The Hall–Kier alpha value is -2.84. The number of hydrogen-bond donors (Lipinski definition) is 1. The molecule has 1 N–H and O–H groups in total. The Morgan fingerprint density at radius 3 is 2.81 bits per heavy atom. The van der Waals surface area contributed by atoms with Crippen molar-refractivity contribution >= 4 is 33.9 Å². The van der Waals surface area contributed by atoms with Gasteiger partial charge in [-0.2, -0.15) is 8.78 Å². The summed E-state index contributed by atoms with van der Waals surface area (Å²) in [6.07, 6.45) is 2.20. The van der Waals surface area contributed by atoms with Gasteiger partial charge in [0, 0.05) is 36.9 Å². The maximum atomic E-state index is 15.1. The Kier molecular flexibility index (Phi) is 5.77. The van der Waals surface area contributed by atoms with E-state index in [1.165, 1.54) is 18.2 Å². The molecular weight excluding hydrogens is 411 g/mol. The van der Waals surface area contributed by atoms with Crippen molar-refractivity contribution in [3.63, 3.8) is 0 Å². The molecule has 9 heteroatoms. The van der Waals surface area contributed by atoms with Crippen molar-refractivity contribution in [2.75, 3.05) is 11.4 Å². The molecule has 3 heterocycles. The number of unbranched alkanes of at least 4 members (excludes halogenated alkanes) is 2. The number of anilines is 1. The van der Waals surface area contributed by atoms with Crippen LogP contribution in [0.4, 0.5) is 19.0 Å². The molecule has 0 amide bonds. The lowest BCUT2D eigenvalue weighted by molar-refractivity contribution is -0.137. The third-order valence-corrected chi connectivity index (χ3v) is 5.79. The van der Waals surface area contributed by atoms with Crippen LogP contribution in [0.1, 0.15) is 57.7 Å². The fourth-order valence-corrected chi connectivity index (χ4v) is 4.12. The summed E-state index contributed by atoms with van der Waals surface area (Å²) >= 11 is 0. The molecule has 1 fully saturated rings. The fraction of sp³-hybridized carbons (Fsp3) is 0.500. The Morgan fingerprint density at radius 2 is 2.10 bits per heavy atom. The smallest absolute Gasteiger partial charge is 0.306 e. The number of aliphatic carboxylic acids is 1. The first kappa shape index (κ1) is 21.4. The van der Waals surface area contributed by atoms with Crippen LogP contribution in [-0.4, -0.2) is 33.6 Å². The summed E-state index contributed by atoms with van der Waals surface area (Å²) in [6, 6.07) is 4.06. The van der Waals surface area contributed by atoms with E-state index in [9.17, 15) is 9.18 Å². The molecule has 1 unspecified atom stereocenters. The molecule has 4 rings (SSSR count). The summed E-state index contributed by atoms with van der Waals surface area (Å²) in [7, 11) is 0. The first-order valence-corrected chi connectivity index (χ1v) is 10.5. The van der Waals surface area contributed by atoms with Crippen LogP contribution in [0.3, 0.4) is 0 Å². The van der Waals surface area contributed by atoms with Gasteiger partial charge in [0.2, 0.25) is 5.82 Å². The van der Waals surface area contributed by atoms with Gasteiger partial charge in [0.1, 0.15) is 16.9 Å². The van der Waals surface area contributed by atoms with Crippen LogP contribution in [0.5, 0.6) is 0 Å². The van der Waals surface area contributed by atoms with E-state index < -0.39 is 30.0 Å². The van der Waals surface area contributed by atoms with E-state index in [1.807, 2.05) is 11.8 Å². The molecule has 1 atom stereocenters. The first-order valence-electron chi connectivity index (χ1n) is 10.5. The van der Waals surface area contributed by atoms with Gasteiger partial charge in [-0.15, -0.1) is 0 Å². The van der Waals surface area contributed by atoms with Crippen LogP contribution in [0, 0.1) is 5.82 Å². The fourth-order valence-electron chi connectivity index (χ4n) is 4.12. The lowest BCUT2D eigenvalue weighted by Crippen LogP contribution is -2.29. The molecule has 6 nitrogen and oxygen atoms in total. The van der Waals surface area contributed by atoms with Crippen LogP contribution in [0.25, 0.3) is 22.1 Å². The maximum Gasteiger partial charge on any atom is 0.306 e. The molecule has 31 heavy (non-hydrogen) atoms. The summed E-state index contributed by atoms with van der Waals surface area (Å²) in [5.41, 5.74) is 0.779. The number of nitrogens with zero attached hydrogens (tertiary/aromatic N) is 3. The number of halogens is 3. The van der Waals surface area contributed by atoms with E-state index in [0.717, 1.165) is 12.8 Å². The molecule has 1 saturated heterocycles. The van der Waals surface area contributed by atoms with Crippen molar-refractivity contribution in [2.24, 2.45) is 0 Å². The minimum atomic E-state index is -3.28. The highest BCUT2D eigenvalue weighted by Crippen LogP contribution is 2.39. The van der Waals surface area contributed by atoms with Gasteiger partial charge in [0.15, 0.2) is 11.4 Å². The topological polar surface area (TPSA) is 79.5 Å². The lowest BCUT2D eigenvalue weighted by Gasteiger charge is -2.24. The zero-order valence-electron chi connectivity index (χ0n) is 17.2. The SMILES string of the molecule is CC1CCCN1c1nc(C(F)(F)CCCCCC(=O)O)nc2c1oc1cc(F)ccc12. The molecule has 1 aromatic carbocycles. The third-order valence-electron chi connectivity index (χ3n) is 5.79. The summed E-state index contributed by atoms with van der Waals surface area (Å²) in [5, 5.41) is 9.15. The number of hydrogen-bond acceptors (Lipinski definition) is 5. The Bertz CT molecular complexity index is 1120. The number of aromatic nitrogens is 2. The molecule has 0 spiro atoms. The predicted molar refractivity (Wildman–Crippen MR) is 110 cm³/mol. The summed E-state index contributed by atoms with van der Waals surface area (Å²) in [4.78, 5) is 20.9. The number of carbonyl (C=O) groups is 1. The Labute approximate surface area is 177 Å². The summed E-state index contributed by atoms with van der Waals surface area (Å²) in [6.45, 7) is 2.67. The molecule has 1 aliphatic heterocycles. The van der Waals surface area contributed by atoms with Crippen LogP contribution in [0.15, 0.2) is 22.6 Å². The van der Waals surface area contributed by atoms with E-state index in [0.29, 0.717) is 30.6 Å². The second kappa shape index (κ2) is 8.36. The van der Waals surface area contributed by atoms with E-state index >= 15 is 8.78 Å². The molecule has 0 bridgehead atoms. The van der Waals surface area contributed by atoms with Gasteiger partial charge in [-0.05, 0) is 44.7 Å². The second-order valence-corrected chi connectivity index (χ2v) is 8.13. The Morgan fingerprint density at radius 1 is 1.29 bits per heavy atom. The number of carboxylic acid groups (broad SMARTS) is 1. The highest BCUT2D eigenvalue weighted by atomic mass is 19.3. The third kappa shape index (κ3) is 4.31. The average molecular weight is 435 g/mol. The number of alkyl halides is 2. The number of furan rings is 1. The standard InChI is InChI=1S/C22H24F3N3O3/c1-13-6-5-11-28(13)20-19-18(15-9-8-14(23)12-16(15)31-19)26-21(27-20)22(24,25)10-4-2-3-7-17(29)30/h8-9,12-13H,2-7,10-11H2,1H3,(H,29,30). The van der Waals surface area contributed by atoms with Crippen LogP contribution in [0.2, 0.25) is 0 Å². The van der Waals surface area contributed by atoms with Gasteiger partial charge in [0.05, 0.1) is 0 Å². The predicted octanol–water partition coefficient (Wildman–Crippen LogP) is 5.63. The molecule has 166 valence electrons. The quantitative estimate of drug-likeness (QED) is 0.462. The molecule has 3 aromatic rings. The van der Waals surface area contributed by atoms with Gasteiger partial charge >= 0.3 is 11.9 Å². The zero-order valence-corrected chi connectivity index (χ0v) is 17.2. The molecule has 1 aliphatic rings. The minimum Gasteiger partial charge on any atom is -0.481 e. The van der Waals surface area contributed by atoms with Gasteiger partial charge in [-0.3, -0.25) is 4.79 Å². The van der Waals surface area contributed by atoms with Gasteiger partial charge in [0.25, 0.3) is 0 Å². The van der Waals surface area contributed by atoms with Crippen molar-refractivity contribution in [3.8, 4) is 0 Å². The molecule has 0 aliphatic carbocycles. The molecule has 0 radical (unpaired) electrons. The van der Waals surface area contributed by atoms with Crippen molar-refractivity contribution in [1.82, 2.24) is 9.97 Å².